The summed E-state index contributed by atoms with van der Waals surface area (Å²) in [5.41, 5.74) is 7.61. The minimum absolute atomic E-state index is 0.0484. The number of aromatic nitrogens is 5. The molecule has 1 aromatic carbocycles. The van der Waals surface area contributed by atoms with Crippen molar-refractivity contribution in [1.29, 1.82) is 0 Å². The highest BCUT2D eigenvalue weighted by Gasteiger charge is 2.23. The van der Waals surface area contributed by atoms with Crippen molar-refractivity contribution in [2.24, 2.45) is 12.8 Å². The second-order valence-electron chi connectivity index (χ2n) is 7.48. The molecular formula is C19H26N8O3. The molecule has 1 saturated carbocycles. The Bertz CT molecular complexity index is 1030. The van der Waals surface area contributed by atoms with Gasteiger partial charge < -0.3 is 31.3 Å². The summed E-state index contributed by atoms with van der Waals surface area (Å²) < 4.78 is 6.62. The maximum absolute atomic E-state index is 10.2. The first-order valence-corrected chi connectivity index (χ1v) is 9.88. The molecule has 1 fully saturated rings. The van der Waals surface area contributed by atoms with Crippen molar-refractivity contribution < 1.29 is 14.9 Å². The van der Waals surface area contributed by atoms with Gasteiger partial charge in [0, 0.05) is 37.8 Å². The zero-order valence-corrected chi connectivity index (χ0v) is 17.0. The van der Waals surface area contributed by atoms with Crippen molar-refractivity contribution >= 4 is 22.9 Å². The lowest BCUT2D eigenvalue weighted by Crippen LogP contribution is -2.43. The molecule has 11 nitrogen and oxygen atoms in total. The average Bonchev–Trinajstić information content (AvgIpc) is 3.10. The molecule has 2 atom stereocenters. The van der Waals surface area contributed by atoms with Gasteiger partial charge in [-0.2, -0.15) is 9.97 Å². The summed E-state index contributed by atoms with van der Waals surface area (Å²) >= 11 is 0. The van der Waals surface area contributed by atoms with Crippen LogP contribution in [-0.4, -0.2) is 54.4 Å². The number of nitrogens with two attached hydrogens (primary N) is 1. The third-order valence-electron chi connectivity index (χ3n) is 5.43. The summed E-state index contributed by atoms with van der Waals surface area (Å²) in [5.74, 6) is 1.06. The molecule has 2 aromatic heterocycles. The quantitative estimate of drug-likeness (QED) is 0.400. The number of aryl methyl sites for hydroxylation is 1. The number of hydrogen-bond acceptors (Lipinski definition) is 10. The number of phenols is 2. The molecule has 0 aliphatic heterocycles. The van der Waals surface area contributed by atoms with Crippen LogP contribution >= 0.6 is 0 Å². The number of nitrogens with one attached hydrogen (secondary N) is 2. The predicted octanol–water partition coefficient (Wildman–Crippen LogP) is 1.47. The molecule has 2 heterocycles. The number of nitrogens with zero attached hydrogens (tertiary/aromatic N) is 5. The summed E-state index contributed by atoms with van der Waals surface area (Å²) in [7, 11) is 3.22. The Balaban J connectivity index is 1.62. The molecule has 1 aliphatic rings. The van der Waals surface area contributed by atoms with Crippen molar-refractivity contribution in [2.45, 2.75) is 44.3 Å². The monoisotopic (exact) mass is 414 g/mol. The van der Waals surface area contributed by atoms with Crippen LogP contribution in [-0.2, 0) is 13.6 Å². The Labute approximate surface area is 173 Å². The molecule has 3 aromatic rings. The number of aromatic hydroxyl groups is 2. The minimum Gasteiger partial charge on any atom is -0.507 e. The maximum atomic E-state index is 10.2. The molecule has 0 amide bonds. The Kier molecular flexibility index (Phi) is 5.44. The first-order valence-electron chi connectivity index (χ1n) is 9.88. The third kappa shape index (κ3) is 3.88. The molecule has 6 N–H and O–H groups in total. The summed E-state index contributed by atoms with van der Waals surface area (Å²) in [5, 5.41) is 35.1. The van der Waals surface area contributed by atoms with Crippen LogP contribution in [0.1, 0.15) is 31.2 Å². The van der Waals surface area contributed by atoms with E-state index in [4.69, 9.17) is 10.5 Å². The van der Waals surface area contributed by atoms with Gasteiger partial charge in [-0.1, -0.05) is 18.1 Å². The number of hydrogen-bond donors (Lipinski definition) is 5. The topological polar surface area (TPSA) is 156 Å². The van der Waals surface area contributed by atoms with Gasteiger partial charge in [0.1, 0.15) is 17.2 Å². The lowest BCUT2D eigenvalue weighted by molar-refractivity contribution is 0.394. The molecule has 0 spiro atoms. The summed E-state index contributed by atoms with van der Waals surface area (Å²) in [6.45, 7) is 0.118. The van der Waals surface area contributed by atoms with Crippen LogP contribution in [0.5, 0.6) is 17.2 Å². The fourth-order valence-electron chi connectivity index (χ4n) is 3.69. The Morgan fingerprint density at radius 1 is 1.20 bits per heavy atom. The Morgan fingerprint density at radius 3 is 2.63 bits per heavy atom. The molecule has 160 valence electrons. The van der Waals surface area contributed by atoms with Crippen molar-refractivity contribution in [3.63, 3.8) is 0 Å². The molecule has 11 heteroatoms. The van der Waals surface area contributed by atoms with E-state index < -0.39 is 0 Å². The molecule has 0 radical (unpaired) electrons. The number of anilines is 2. The Hall–Kier alpha value is -3.34. The molecule has 4 rings (SSSR count). The van der Waals surface area contributed by atoms with Gasteiger partial charge in [-0.15, -0.1) is 5.10 Å². The van der Waals surface area contributed by atoms with Crippen LogP contribution in [0.25, 0.3) is 11.2 Å². The van der Waals surface area contributed by atoms with Crippen molar-refractivity contribution in [3.8, 4) is 17.2 Å². The molecule has 30 heavy (non-hydrogen) atoms. The predicted molar refractivity (Wildman–Crippen MR) is 112 cm³/mol. The SMILES string of the molecule is COc1cc(O)c(CNc2nc(NC3CCCCC3N)nc3c2nnn3C)c(O)c1. The lowest BCUT2D eigenvalue weighted by atomic mass is 9.91. The highest BCUT2D eigenvalue weighted by Crippen LogP contribution is 2.33. The number of ether oxygens (including phenoxy) is 1. The van der Waals surface area contributed by atoms with Gasteiger partial charge >= 0.3 is 0 Å². The summed E-state index contributed by atoms with van der Waals surface area (Å²) in [4.78, 5) is 9.10. The van der Waals surface area contributed by atoms with E-state index in [1.807, 2.05) is 0 Å². The smallest absolute Gasteiger partial charge is 0.227 e. The molecule has 0 saturated heterocycles. The standard InChI is InChI=1S/C19H26N8O3/c1-27-18-16(25-26-27)17(21-9-11-14(28)7-10(30-2)8-15(11)29)23-19(24-18)22-13-6-4-3-5-12(13)20/h7-8,12-13,28-29H,3-6,9,20H2,1-2H3,(H2,21,22,23,24). The summed E-state index contributed by atoms with van der Waals surface area (Å²) in [6, 6.07) is 3.02. The Morgan fingerprint density at radius 2 is 1.93 bits per heavy atom. The second kappa shape index (κ2) is 8.19. The van der Waals surface area contributed by atoms with E-state index in [-0.39, 0.29) is 30.1 Å². The molecule has 0 bridgehead atoms. The third-order valence-corrected chi connectivity index (χ3v) is 5.43. The van der Waals surface area contributed by atoms with Crippen molar-refractivity contribution in [3.05, 3.63) is 17.7 Å². The number of methoxy groups -OCH3 is 1. The van der Waals surface area contributed by atoms with Crippen LogP contribution in [0, 0.1) is 0 Å². The van der Waals surface area contributed by atoms with E-state index in [1.165, 1.54) is 19.2 Å². The number of phenolic OH excluding ortho intramolecular Hbond substituents is 2. The van der Waals surface area contributed by atoms with E-state index in [0.29, 0.717) is 34.2 Å². The number of rotatable bonds is 6. The van der Waals surface area contributed by atoms with E-state index >= 15 is 0 Å². The van der Waals surface area contributed by atoms with Crippen molar-refractivity contribution in [1.82, 2.24) is 25.0 Å². The molecule has 1 aliphatic carbocycles. The highest BCUT2D eigenvalue weighted by atomic mass is 16.5. The van der Waals surface area contributed by atoms with Gasteiger partial charge in [0.2, 0.25) is 5.95 Å². The van der Waals surface area contributed by atoms with E-state index in [0.717, 1.165) is 25.7 Å². The average molecular weight is 414 g/mol. The second-order valence-corrected chi connectivity index (χ2v) is 7.48. The van der Waals surface area contributed by atoms with E-state index in [1.54, 1.807) is 11.7 Å². The largest absolute Gasteiger partial charge is 0.507 e. The van der Waals surface area contributed by atoms with Gasteiger partial charge in [-0.3, -0.25) is 0 Å². The van der Waals surface area contributed by atoms with Gasteiger partial charge in [-0.25, -0.2) is 4.68 Å². The minimum atomic E-state index is -0.0877. The van der Waals surface area contributed by atoms with E-state index in [2.05, 4.69) is 30.9 Å². The first kappa shape index (κ1) is 20.0. The fraction of sp³-hybridized carbons (Fsp3) is 0.474. The van der Waals surface area contributed by atoms with Crippen LogP contribution < -0.4 is 21.1 Å². The highest BCUT2D eigenvalue weighted by molar-refractivity contribution is 5.83. The van der Waals surface area contributed by atoms with Crippen LogP contribution in [0.4, 0.5) is 11.8 Å². The van der Waals surface area contributed by atoms with Gasteiger partial charge in [-0.05, 0) is 12.8 Å². The zero-order chi connectivity index (χ0) is 21.3. The lowest BCUT2D eigenvalue weighted by Gasteiger charge is -2.29. The van der Waals surface area contributed by atoms with Gasteiger partial charge in [0.15, 0.2) is 17.0 Å². The van der Waals surface area contributed by atoms with Crippen LogP contribution in [0.15, 0.2) is 12.1 Å². The van der Waals surface area contributed by atoms with Crippen LogP contribution in [0.2, 0.25) is 0 Å². The van der Waals surface area contributed by atoms with E-state index in [9.17, 15) is 10.2 Å². The van der Waals surface area contributed by atoms with Crippen molar-refractivity contribution in [2.75, 3.05) is 17.7 Å². The molecule has 2 unspecified atom stereocenters. The zero-order valence-electron chi connectivity index (χ0n) is 17.0. The van der Waals surface area contributed by atoms with Gasteiger partial charge in [0.05, 0.1) is 12.7 Å². The fourth-order valence-corrected chi connectivity index (χ4v) is 3.69. The van der Waals surface area contributed by atoms with Gasteiger partial charge in [0.25, 0.3) is 0 Å². The normalized spacial score (nSPS) is 19.0. The molecular weight excluding hydrogens is 388 g/mol. The number of fused-ring (bicyclic) bond motifs is 1. The van der Waals surface area contributed by atoms with Crippen LogP contribution in [0.3, 0.4) is 0 Å². The number of benzene rings is 1. The first-order chi connectivity index (χ1) is 14.5. The summed E-state index contributed by atoms with van der Waals surface area (Å²) in [6.07, 6.45) is 4.17. The maximum Gasteiger partial charge on any atom is 0.227 e.